The van der Waals surface area contributed by atoms with E-state index in [2.05, 4.69) is 31.8 Å². The van der Waals surface area contributed by atoms with Gasteiger partial charge in [0.1, 0.15) is 22.6 Å². The van der Waals surface area contributed by atoms with Gasteiger partial charge >= 0.3 is 0 Å². The van der Waals surface area contributed by atoms with E-state index in [1.165, 1.54) is 17.0 Å². The monoisotopic (exact) mass is 467 g/mol. The number of benzene rings is 1. The lowest BCUT2D eigenvalue weighted by Gasteiger charge is -2.33. The summed E-state index contributed by atoms with van der Waals surface area (Å²) in [6.07, 6.45) is 4.58. The van der Waals surface area contributed by atoms with Crippen molar-refractivity contribution in [2.75, 3.05) is 0 Å². The molecule has 1 atom stereocenters. The highest BCUT2D eigenvalue weighted by atomic mass is 35.5. The molecule has 0 fully saturated rings. The third kappa shape index (κ3) is 4.34. The van der Waals surface area contributed by atoms with Gasteiger partial charge in [-0.05, 0) is 54.4 Å². The van der Waals surface area contributed by atoms with Crippen molar-refractivity contribution < 1.29 is 9.34 Å². The van der Waals surface area contributed by atoms with E-state index >= 15 is 0 Å². The SMILES string of the molecule is CC(C)(C)[C@H]1CCc2c(sc(N=Cc3ccc(-c4ccc([N+](=O)[O-])cc4Cl)o3)c2C#N)C1. The molecule has 32 heavy (non-hydrogen) atoms. The maximum atomic E-state index is 10.9. The van der Waals surface area contributed by atoms with E-state index < -0.39 is 4.92 Å². The molecule has 0 N–H and O–H groups in total. The number of furan rings is 1. The Morgan fingerprint density at radius 3 is 2.78 bits per heavy atom. The third-order valence-electron chi connectivity index (χ3n) is 5.95. The zero-order valence-electron chi connectivity index (χ0n) is 18.0. The molecule has 4 rings (SSSR count). The summed E-state index contributed by atoms with van der Waals surface area (Å²) >= 11 is 7.79. The van der Waals surface area contributed by atoms with Crippen LogP contribution in [-0.2, 0) is 12.8 Å². The zero-order chi connectivity index (χ0) is 23.0. The lowest BCUT2D eigenvalue weighted by Crippen LogP contribution is -2.26. The van der Waals surface area contributed by atoms with E-state index in [-0.39, 0.29) is 16.1 Å². The number of rotatable bonds is 4. The van der Waals surface area contributed by atoms with Crippen molar-refractivity contribution in [2.45, 2.75) is 40.0 Å². The average molecular weight is 468 g/mol. The first-order chi connectivity index (χ1) is 15.2. The number of hydrogen-bond acceptors (Lipinski definition) is 6. The van der Waals surface area contributed by atoms with Crippen molar-refractivity contribution in [1.29, 1.82) is 5.26 Å². The quantitative estimate of drug-likeness (QED) is 0.228. The molecule has 1 aromatic carbocycles. The number of nitro groups is 1. The Bertz CT molecular complexity index is 1260. The molecular formula is C24H22ClN3O3S. The summed E-state index contributed by atoms with van der Waals surface area (Å²) in [5.74, 6) is 1.60. The maximum Gasteiger partial charge on any atom is 0.270 e. The average Bonchev–Trinajstić information content (AvgIpc) is 3.34. The van der Waals surface area contributed by atoms with Crippen LogP contribution in [0.2, 0.25) is 5.02 Å². The van der Waals surface area contributed by atoms with Gasteiger partial charge in [0.15, 0.2) is 0 Å². The van der Waals surface area contributed by atoms with Gasteiger partial charge in [0.05, 0.1) is 21.7 Å². The van der Waals surface area contributed by atoms with Gasteiger partial charge in [-0.25, -0.2) is 4.99 Å². The van der Waals surface area contributed by atoms with Crippen LogP contribution in [0.25, 0.3) is 11.3 Å². The molecule has 164 valence electrons. The van der Waals surface area contributed by atoms with Gasteiger partial charge in [-0.1, -0.05) is 32.4 Å². The molecule has 0 saturated heterocycles. The first kappa shape index (κ1) is 22.3. The summed E-state index contributed by atoms with van der Waals surface area (Å²) in [6.45, 7) is 6.81. The highest BCUT2D eigenvalue weighted by molar-refractivity contribution is 7.16. The van der Waals surface area contributed by atoms with Crippen molar-refractivity contribution in [2.24, 2.45) is 16.3 Å². The van der Waals surface area contributed by atoms with Crippen molar-refractivity contribution in [3.63, 3.8) is 0 Å². The fraction of sp³-hybridized carbons (Fsp3) is 0.333. The minimum atomic E-state index is -0.493. The molecule has 2 heterocycles. The van der Waals surface area contributed by atoms with E-state index in [1.807, 2.05) is 0 Å². The van der Waals surface area contributed by atoms with E-state index in [4.69, 9.17) is 16.0 Å². The summed E-state index contributed by atoms with van der Waals surface area (Å²) in [5, 5.41) is 21.6. The molecule has 3 aromatic rings. The van der Waals surface area contributed by atoms with Crippen LogP contribution < -0.4 is 0 Å². The highest BCUT2D eigenvalue weighted by Crippen LogP contribution is 2.45. The minimum absolute atomic E-state index is 0.0773. The number of fused-ring (bicyclic) bond motifs is 1. The second-order valence-corrected chi connectivity index (χ2v) is 10.5. The number of nitriles is 1. The first-order valence-electron chi connectivity index (χ1n) is 10.3. The first-order valence-corrected chi connectivity index (χ1v) is 11.5. The summed E-state index contributed by atoms with van der Waals surface area (Å²) in [7, 11) is 0. The summed E-state index contributed by atoms with van der Waals surface area (Å²) in [6, 6.07) is 10.1. The number of nitro benzene ring substituents is 1. The van der Waals surface area contributed by atoms with Crippen LogP contribution in [0.15, 0.2) is 39.7 Å². The van der Waals surface area contributed by atoms with Crippen LogP contribution in [0, 0.1) is 32.8 Å². The fourth-order valence-electron chi connectivity index (χ4n) is 4.02. The van der Waals surface area contributed by atoms with Crippen molar-refractivity contribution in [3.8, 4) is 17.4 Å². The summed E-state index contributed by atoms with van der Waals surface area (Å²) in [5.41, 5.74) is 2.53. The second-order valence-electron chi connectivity index (χ2n) is 8.98. The lowest BCUT2D eigenvalue weighted by atomic mass is 9.72. The van der Waals surface area contributed by atoms with Crippen LogP contribution >= 0.6 is 22.9 Å². The van der Waals surface area contributed by atoms with Gasteiger partial charge in [0.2, 0.25) is 0 Å². The second kappa shape index (κ2) is 8.53. The Labute approximate surface area is 195 Å². The van der Waals surface area contributed by atoms with Gasteiger partial charge in [-0.3, -0.25) is 10.1 Å². The number of halogens is 1. The van der Waals surface area contributed by atoms with Gasteiger partial charge in [-0.2, -0.15) is 5.26 Å². The van der Waals surface area contributed by atoms with Gasteiger partial charge in [-0.15, -0.1) is 11.3 Å². The van der Waals surface area contributed by atoms with Crippen LogP contribution in [0.4, 0.5) is 10.7 Å². The Morgan fingerprint density at radius 2 is 2.12 bits per heavy atom. The Morgan fingerprint density at radius 1 is 1.34 bits per heavy atom. The highest BCUT2D eigenvalue weighted by Gasteiger charge is 2.32. The topological polar surface area (TPSA) is 92.4 Å². The fourth-order valence-corrected chi connectivity index (χ4v) is 5.51. The Kier molecular flexibility index (Phi) is 5.93. The molecular weight excluding hydrogens is 446 g/mol. The van der Waals surface area contributed by atoms with Crippen LogP contribution in [0.1, 0.15) is 49.0 Å². The predicted octanol–water partition coefficient (Wildman–Crippen LogP) is 7.34. The van der Waals surface area contributed by atoms with Crippen LogP contribution in [0.3, 0.4) is 0 Å². The molecule has 0 aliphatic heterocycles. The normalized spacial score (nSPS) is 16.2. The largest absolute Gasteiger partial charge is 0.455 e. The van der Waals surface area contributed by atoms with Crippen LogP contribution in [0.5, 0.6) is 0 Å². The smallest absolute Gasteiger partial charge is 0.270 e. The van der Waals surface area contributed by atoms with Crippen molar-refractivity contribution >= 4 is 39.8 Å². The van der Waals surface area contributed by atoms with Crippen molar-refractivity contribution in [1.82, 2.24) is 0 Å². The number of hydrogen-bond donors (Lipinski definition) is 0. The lowest BCUT2D eigenvalue weighted by molar-refractivity contribution is -0.384. The molecule has 0 unspecified atom stereocenters. The molecule has 0 amide bonds. The minimum Gasteiger partial charge on any atom is -0.455 e. The number of aliphatic imine (C=N–C) groups is 1. The molecule has 0 radical (unpaired) electrons. The van der Waals surface area contributed by atoms with Gasteiger partial charge < -0.3 is 4.42 Å². The van der Waals surface area contributed by atoms with E-state index in [1.54, 1.807) is 35.8 Å². The Balaban J connectivity index is 1.58. The van der Waals surface area contributed by atoms with Crippen molar-refractivity contribution in [3.05, 3.63) is 67.2 Å². The molecule has 1 aliphatic carbocycles. The van der Waals surface area contributed by atoms with Gasteiger partial charge in [0, 0.05) is 22.6 Å². The van der Waals surface area contributed by atoms with E-state index in [9.17, 15) is 15.4 Å². The predicted molar refractivity (Wildman–Crippen MR) is 127 cm³/mol. The molecule has 1 aliphatic rings. The standard InChI is InChI=1S/C24H22ClN3O3S/c1-24(2,3)14-4-7-17-19(12-26)23(32-22(17)10-14)27-13-16-6-9-21(31-16)18-8-5-15(28(29)30)11-20(18)25/h5-6,8-9,11,13-14H,4,7,10H2,1-3H3/t14-/m0/s1. The number of nitrogens with zero attached hydrogens (tertiary/aromatic N) is 3. The molecule has 0 saturated carbocycles. The number of non-ortho nitro benzene ring substituents is 1. The zero-order valence-corrected chi connectivity index (χ0v) is 19.6. The molecule has 6 nitrogen and oxygen atoms in total. The third-order valence-corrected chi connectivity index (χ3v) is 7.42. The summed E-state index contributed by atoms with van der Waals surface area (Å²) < 4.78 is 5.83. The molecule has 2 aromatic heterocycles. The molecule has 0 bridgehead atoms. The maximum absolute atomic E-state index is 10.9. The number of thiophene rings is 1. The van der Waals surface area contributed by atoms with Gasteiger partial charge in [0.25, 0.3) is 5.69 Å². The molecule has 8 heteroatoms. The van der Waals surface area contributed by atoms with E-state index in [0.29, 0.717) is 33.6 Å². The van der Waals surface area contributed by atoms with Crippen LogP contribution in [-0.4, -0.2) is 11.1 Å². The molecule has 0 spiro atoms. The Hall–Kier alpha value is -2.95. The summed E-state index contributed by atoms with van der Waals surface area (Å²) in [4.78, 5) is 16.2. The van der Waals surface area contributed by atoms with E-state index in [0.717, 1.165) is 24.8 Å².